The van der Waals surface area contributed by atoms with Crippen LogP contribution in [0.4, 0.5) is 13.2 Å². The van der Waals surface area contributed by atoms with E-state index >= 15 is 0 Å². The molecule has 0 radical (unpaired) electrons. The summed E-state index contributed by atoms with van der Waals surface area (Å²) >= 11 is 0. The summed E-state index contributed by atoms with van der Waals surface area (Å²) in [7, 11) is 0. The van der Waals surface area contributed by atoms with Crippen LogP contribution in [0.5, 0.6) is 0 Å². The fourth-order valence-corrected chi connectivity index (χ4v) is 0.627. The Bertz CT molecular complexity index is 205. The Morgan fingerprint density at radius 2 is 1.36 bits per heavy atom. The minimum absolute atomic E-state index is 0. The number of benzene rings is 1. The van der Waals surface area contributed by atoms with Gasteiger partial charge in [0.2, 0.25) is 0 Å². The van der Waals surface area contributed by atoms with Gasteiger partial charge in [0.15, 0.2) is 0 Å². The molecule has 0 spiro atoms. The Labute approximate surface area is 84.7 Å². The molecule has 0 N–H and O–H groups in total. The molecule has 0 fully saturated rings. The van der Waals surface area contributed by atoms with Crippen molar-refractivity contribution >= 4 is 29.6 Å². The van der Waals surface area contributed by atoms with Crippen LogP contribution in [0, 0.1) is 0 Å². The minimum atomic E-state index is -4.21. The predicted molar refractivity (Wildman–Crippen MR) is 38.6 cm³/mol. The Kier molecular flexibility index (Phi) is 4.14. The second-order valence-corrected chi connectivity index (χ2v) is 1.86. The van der Waals surface area contributed by atoms with Crippen molar-refractivity contribution in [3.63, 3.8) is 0 Å². The van der Waals surface area contributed by atoms with E-state index in [1.165, 1.54) is 12.1 Å². The van der Waals surface area contributed by atoms with Crippen molar-refractivity contribution in [3.05, 3.63) is 35.9 Å². The van der Waals surface area contributed by atoms with Crippen LogP contribution in [0.3, 0.4) is 0 Å². The molecule has 0 bridgehead atoms. The molecule has 0 atom stereocenters. The Morgan fingerprint density at radius 1 is 0.909 bits per heavy atom. The van der Waals surface area contributed by atoms with Crippen LogP contribution in [0.25, 0.3) is 0 Å². The van der Waals surface area contributed by atoms with Crippen molar-refractivity contribution in [2.75, 3.05) is 0 Å². The van der Waals surface area contributed by atoms with E-state index in [1.54, 1.807) is 6.07 Å². The van der Waals surface area contributed by atoms with Crippen molar-refractivity contribution in [2.45, 2.75) is 6.18 Å². The average molecular weight is 170 g/mol. The van der Waals surface area contributed by atoms with Crippen LogP contribution in [-0.4, -0.2) is 29.6 Å². The van der Waals surface area contributed by atoms with Crippen molar-refractivity contribution < 1.29 is 13.2 Å². The summed E-state index contributed by atoms with van der Waals surface area (Å²) in [4.78, 5) is 0. The summed E-state index contributed by atoms with van der Waals surface area (Å²) in [5.74, 6) is 0. The fourth-order valence-electron chi connectivity index (χ4n) is 0.627. The van der Waals surface area contributed by atoms with Gasteiger partial charge in [0.05, 0.1) is 5.56 Å². The van der Waals surface area contributed by atoms with E-state index in [1.807, 2.05) is 0 Å². The van der Waals surface area contributed by atoms with Crippen LogP contribution >= 0.6 is 0 Å². The molecule has 0 unspecified atom stereocenters. The van der Waals surface area contributed by atoms with E-state index in [0.29, 0.717) is 0 Å². The molecule has 0 saturated carbocycles. The van der Waals surface area contributed by atoms with Crippen molar-refractivity contribution in [1.29, 1.82) is 0 Å². The first-order valence-corrected chi connectivity index (χ1v) is 2.73. The molecule has 1 aromatic rings. The van der Waals surface area contributed by atoms with Gasteiger partial charge in [-0.15, -0.1) is 0 Å². The summed E-state index contributed by atoms with van der Waals surface area (Å²) in [6.07, 6.45) is -4.21. The number of hydrogen-bond donors (Lipinski definition) is 0. The van der Waals surface area contributed by atoms with Gasteiger partial charge < -0.3 is 0 Å². The van der Waals surface area contributed by atoms with E-state index in [4.69, 9.17) is 0 Å². The summed E-state index contributed by atoms with van der Waals surface area (Å²) in [5.41, 5.74) is -0.602. The Balaban J connectivity index is 0.000001000. The number of hydrogen-bond acceptors (Lipinski definition) is 0. The van der Waals surface area contributed by atoms with Crippen LogP contribution < -0.4 is 0 Å². The van der Waals surface area contributed by atoms with Crippen molar-refractivity contribution in [1.82, 2.24) is 0 Å². The monoisotopic (exact) mass is 170 g/mol. The molecule has 56 valence electrons. The zero-order chi connectivity index (χ0) is 7.61. The molecule has 4 heteroatoms. The Hall–Kier alpha value is 0.01000. The van der Waals surface area contributed by atoms with Gasteiger partial charge in [0.1, 0.15) is 0 Å². The van der Waals surface area contributed by atoms with E-state index < -0.39 is 11.7 Å². The van der Waals surface area contributed by atoms with Crippen LogP contribution in [0.1, 0.15) is 5.56 Å². The summed E-state index contributed by atoms with van der Waals surface area (Å²) in [6.45, 7) is 0. The fraction of sp³-hybridized carbons (Fsp3) is 0.143. The molecule has 11 heavy (non-hydrogen) atoms. The molecule has 0 aromatic heterocycles. The maximum atomic E-state index is 11.8. The average Bonchev–Trinajstić information content (AvgIpc) is 1.88. The predicted octanol–water partition coefficient (Wildman–Crippen LogP) is 2.06. The van der Waals surface area contributed by atoms with E-state index in [-0.39, 0.29) is 29.6 Å². The molecule has 0 aliphatic rings. The first-order valence-electron chi connectivity index (χ1n) is 2.73. The van der Waals surface area contributed by atoms with E-state index in [0.717, 1.165) is 12.1 Å². The maximum absolute atomic E-state index is 11.8. The van der Waals surface area contributed by atoms with E-state index in [2.05, 4.69) is 0 Å². The molecular formula is C7H6F3Na. The normalized spacial score (nSPS) is 10.5. The molecule has 0 heterocycles. The molecule has 0 saturated heterocycles. The topological polar surface area (TPSA) is 0 Å². The van der Waals surface area contributed by atoms with Crippen LogP contribution in [0.2, 0.25) is 0 Å². The third-order valence-corrected chi connectivity index (χ3v) is 1.10. The zero-order valence-electron chi connectivity index (χ0n) is 5.02. The quantitative estimate of drug-likeness (QED) is 0.523. The summed E-state index contributed by atoms with van der Waals surface area (Å²) in [5, 5.41) is 0. The standard InChI is InChI=1S/C7H5F3.Na.H/c8-7(9,10)6-4-2-1-3-5-6;;/h1-5H;;. The SMILES string of the molecule is FC(F)(F)c1ccccc1.[NaH]. The third kappa shape index (κ3) is 3.27. The molecule has 0 amide bonds. The van der Waals surface area contributed by atoms with E-state index in [9.17, 15) is 13.2 Å². The van der Waals surface area contributed by atoms with Gasteiger partial charge in [0.25, 0.3) is 0 Å². The zero-order valence-corrected chi connectivity index (χ0v) is 5.02. The van der Waals surface area contributed by atoms with Crippen molar-refractivity contribution in [3.8, 4) is 0 Å². The van der Waals surface area contributed by atoms with Gasteiger partial charge in [-0.1, -0.05) is 30.3 Å². The van der Waals surface area contributed by atoms with Gasteiger partial charge in [-0.05, 0) is 0 Å². The second kappa shape index (κ2) is 4.14. The van der Waals surface area contributed by atoms with Gasteiger partial charge in [-0.3, -0.25) is 0 Å². The van der Waals surface area contributed by atoms with Gasteiger partial charge >= 0.3 is 35.7 Å². The summed E-state index contributed by atoms with van der Waals surface area (Å²) in [6, 6.07) is 6.36. The molecule has 0 nitrogen and oxygen atoms in total. The molecule has 1 rings (SSSR count). The molecular weight excluding hydrogens is 164 g/mol. The van der Waals surface area contributed by atoms with Crippen LogP contribution in [0.15, 0.2) is 30.3 Å². The van der Waals surface area contributed by atoms with Gasteiger partial charge in [0, 0.05) is 0 Å². The van der Waals surface area contributed by atoms with Crippen LogP contribution in [-0.2, 0) is 6.18 Å². The molecule has 0 aliphatic heterocycles. The molecule has 0 aliphatic carbocycles. The number of alkyl halides is 3. The number of halogens is 3. The third-order valence-electron chi connectivity index (χ3n) is 1.10. The first-order chi connectivity index (χ1) is 4.61. The Morgan fingerprint density at radius 3 is 1.64 bits per heavy atom. The summed E-state index contributed by atoms with van der Waals surface area (Å²) < 4.78 is 35.4. The first kappa shape index (κ1) is 11.0. The van der Waals surface area contributed by atoms with Gasteiger partial charge in [-0.2, -0.15) is 13.2 Å². The second-order valence-electron chi connectivity index (χ2n) is 1.86. The van der Waals surface area contributed by atoms with Gasteiger partial charge in [-0.25, -0.2) is 0 Å². The number of rotatable bonds is 0. The molecule has 1 aromatic carbocycles. The van der Waals surface area contributed by atoms with Crippen molar-refractivity contribution in [2.24, 2.45) is 0 Å².